The molecule has 0 N–H and O–H groups in total. The quantitative estimate of drug-likeness (QED) is 0.145. The Hall–Kier alpha value is -2.33. The summed E-state index contributed by atoms with van der Waals surface area (Å²) in [4.78, 5) is 54.3. The third-order valence-electron chi connectivity index (χ3n) is 0.304. The largest absolute Gasteiger partial charge is 3.00 e. The Morgan fingerprint density at radius 3 is 0.444 bits per heavy atom. The van der Waals surface area contributed by atoms with Crippen molar-refractivity contribution in [3.8, 4) is 0 Å². The van der Waals surface area contributed by atoms with Crippen molar-refractivity contribution in [3.63, 3.8) is 0 Å². The van der Waals surface area contributed by atoms with Gasteiger partial charge in [0.2, 0.25) is 0 Å². The second kappa shape index (κ2) is 39.0. The van der Waals surface area contributed by atoms with E-state index in [9.17, 15) is 0 Å². The fourth-order valence-electron chi connectivity index (χ4n) is 0. The normalized spacial score (nSPS) is 6.11. The summed E-state index contributed by atoms with van der Waals surface area (Å²) in [6.45, 7) is 0. The van der Waals surface area contributed by atoms with Crippen LogP contribution in [0.15, 0.2) is 0 Å². The molecule has 0 saturated heterocycles. The van der Waals surface area contributed by atoms with Crippen LogP contribution in [0.1, 0.15) is 0 Å². The molecule has 27 heavy (non-hydrogen) atoms. The Kier molecular flexibility index (Phi) is 63.9. The Morgan fingerprint density at radius 2 is 0.444 bits per heavy atom. The summed E-state index contributed by atoms with van der Waals surface area (Å²) in [7, 11) is 0. The molecule has 25 nitrogen and oxygen atoms in total. The van der Waals surface area contributed by atoms with Gasteiger partial charge in [0.25, 0.3) is 25.4 Å². The SMILES string of the molecule is O=[N+]([O-])O[O-].O=[N+]([O-])O[O-].O=[N+]([O-])O[O-].O=[N+]([O-])O[O-].O=[N+]([O-])O[O-].[Mg+2].[Y+3]. The summed E-state index contributed by atoms with van der Waals surface area (Å²) in [5.41, 5.74) is 0. The molecule has 0 aliphatic rings. The summed E-state index contributed by atoms with van der Waals surface area (Å²) < 4.78 is 0. The van der Waals surface area contributed by atoms with Crippen LogP contribution in [0, 0.1) is 50.6 Å². The first kappa shape index (κ1) is 44.3. The first-order valence-electron chi connectivity index (χ1n) is 3.57. The molecule has 0 fully saturated rings. The van der Waals surface area contributed by atoms with Gasteiger partial charge in [0.15, 0.2) is 0 Å². The zero-order chi connectivity index (χ0) is 21.4. The molecular weight excluding hydrogens is 503 g/mol. The van der Waals surface area contributed by atoms with E-state index in [4.69, 9.17) is 76.9 Å². The molecule has 27 heteroatoms. The van der Waals surface area contributed by atoms with Crippen LogP contribution in [-0.2, 0) is 57.7 Å². The van der Waals surface area contributed by atoms with E-state index in [2.05, 4.69) is 24.9 Å². The summed E-state index contributed by atoms with van der Waals surface area (Å²) in [5.74, 6) is 0. The molecule has 0 unspecified atom stereocenters. The van der Waals surface area contributed by atoms with Crippen molar-refractivity contribution in [3.05, 3.63) is 50.6 Å². The number of hydrogen-bond acceptors (Lipinski definition) is 20. The van der Waals surface area contributed by atoms with Gasteiger partial charge in [0.05, 0.1) is 0 Å². The van der Waals surface area contributed by atoms with E-state index in [1.807, 2.05) is 0 Å². The van der Waals surface area contributed by atoms with E-state index in [1.165, 1.54) is 0 Å². The molecule has 150 valence electrons. The maximum Gasteiger partial charge on any atom is 3.00 e. The van der Waals surface area contributed by atoms with Gasteiger partial charge in [0.1, 0.15) is 0 Å². The average molecular weight is 503 g/mol. The van der Waals surface area contributed by atoms with Gasteiger partial charge in [-0.25, -0.2) is 0 Å². The maximum absolute atomic E-state index is 8.64. The van der Waals surface area contributed by atoms with Gasteiger partial charge in [-0.2, -0.15) is 0 Å². The van der Waals surface area contributed by atoms with E-state index < -0.39 is 25.4 Å². The van der Waals surface area contributed by atoms with Crippen molar-refractivity contribution in [1.82, 2.24) is 0 Å². The average Bonchev–Trinajstić information content (AvgIpc) is 2.56. The smallest absolute Gasteiger partial charge is 0.694 e. The van der Waals surface area contributed by atoms with Crippen LogP contribution in [-0.4, -0.2) is 48.5 Å². The topological polar surface area (TPSA) is 377 Å². The molecule has 0 aliphatic carbocycles. The van der Waals surface area contributed by atoms with E-state index in [-0.39, 0.29) is 55.8 Å². The van der Waals surface area contributed by atoms with Gasteiger partial charge in [-0.1, -0.05) is 0 Å². The molecule has 0 aromatic carbocycles. The second-order valence-corrected chi connectivity index (χ2v) is 1.49. The van der Waals surface area contributed by atoms with Gasteiger partial charge < -0.3 is 51.2 Å². The minimum Gasteiger partial charge on any atom is -0.694 e. The van der Waals surface area contributed by atoms with E-state index in [0.29, 0.717) is 0 Å². The summed E-state index contributed by atoms with van der Waals surface area (Å²) in [5, 5.41) is 78.2. The van der Waals surface area contributed by atoms with Gasteiger partial charge >= 0.3 is 55.8 Å². The first-order valence-corrected chi connectivity index (χ1v) is 3.57. The Labute approximate surface area is 182 Å². The first-order chi connectivity index (χ1) is 11.4. The molecule has 0 heterocycles. The third kappa shape index (κ3) is 189. The molecule has 0 spiro atoms. The van der Waals surface area contributed by atoms with E-state index >= 15 is 0 Å². The van der Waals surface area contributed by atoms with Gasteiger partial charge in [-0.3, -0.25) is 0 Å². The molecule has 0 aromatic rings. The summed E-state index contributed by atoms with van der Waals surface area (Å²) in [6, 6.07) is 0. The van der Waals surface area contributed by atoms with Crippen molar-refractivity contribution in [2.75, 3.05) is 0 Å². The second-order valence-electron chi connectivity index (χ2n) is 1.49. The van der Waals surface area contributed by atoms with Crippen molar-refractivity contribution in [2.24, 2.45) is 0 Å². The van der Waals surface area contributed by atoms with Crippen LogP contribution < -0.4 is 26.3 Å². The number of hydrogen-bond donors (Lipinski definition) is 0. The van der Waals surface area contributed by atoms with Crippen LogP contribution in [0.4, 0.5) is 0 Å². The predicted molar refractivity (Wildman–Crippen MR) is 46.2 cm³/mol. The Bertz CT molecular complexity index is 288. The van der Waals surface area contributed by atoms with E-state index in [1.54, 1.807) is 0 Å². The molecule has 0 aliphatic heterocycles. The zero-order valence-electron chi connectivity index (χ0n) is 11.7. The molecule has 0 amide bonds. The van der Waals surface area contributed by atoms with Crippen molar-refractivity contribution in [1.29, 1.82) is 0 Å². The van der Waals surface area contributed by atoms with Crippen molar-refractivity contribution >= 4 is 23.1 Å². The zero-order valence-corrected chi connectivity index (χ0v) is 15.9. The van der Waals surface area contributed by atoms with Crippen LogP contribution in [0.2, 0.25) is 0 Å². The fourth-order valence-corrected chi connectivity index (χ4v) is 0. The molecule has 0 radical (unpaired) electrons. The monoisotopic (exact) mass is 503 g/mol. The Morgan fingerprint density at radius 1 is 0.407 bits per heavy atom. The molecule has 0 bridgehead atoms. The van der Waals surface area contributed by atoms with Crippen molar-refractivity contribution in [2.45, 2.75) is 0 Å². The van der Waals surface area contributed by atoms with Crippen molar-refractivity contribution < 1.29 is 109 Å². The van der Waals surface area contributed by atoms with Gasteiger partial charge in [-0.05, 0) is 0 Å². The molecule has 0 aromatic heterocycles. The number of rotatable bonds is 5. The Balaban J connectivity index is -0.0000000364. The molecule has 0 saturated carbocycles. The maximum atomic E-state index is 8.64. The van der Waals surface area contributed by atoms with Crippen LogP contribution in [0.5, 0.6) is 0 Å². The minimum atomic E-state index is -1.43. The summed E-state index contributed by atoms with van der Waals surface area (Å²) >= 11 is 0. The molecule has 0 rings (SSSR count). The number of nitrogens with zero attached hydrogens (tertiary/aromatic N) is 5. The summed E-state index contributed by atoms with van der Waals surface area (Å²) in [6.07, 6.45) is 0. The van der Waals surface area contributed by atoms with Crippen LogP contribution >= 0.6 is 0 Å². The molecular formula is MgN5O20Y. The third-order valence-corrected chi connectivity index (χ3v) is 0.304. The standard InChI is InChI=1S/Mg.5HNO4.Y/c;5*2-1(3)5-4;/h;5*4H;/q+2;;;;;;+3/p-5. The van der Waals surface area contributed by atoms with E-state index in [0.717, 1.165) is 0 Å². The minimum absolute atomic E-state index is 0. The van der Waals surface area contributed by atoms with Crippen LogP contribution in [0.25, 0.3) is 0 Å². The van der Waals surface area contributed by atoms with Gasteiger partial charge in [0, 0.05) is 0 Å². The fraction of sp³-hybridized carbons (Fsp3) is 0. The van der Waals surface area contributed by atoms with Gasteiger partial charge in [-0.15, -0.1) is 50.6 Å². The molecule has 0 atom stereocenters. The predicted octanol–water partition coefficient (Wildman–Crippen LogP) is -8.03. The van der Waals surface area contributed by atoms with Crippen LogP contribution in [0.3, 0.4) is 0 Å².